The zero-order valence-electron chi connectivity index (χ0n) is 13.8. The van der Waals surface area contributed by atoms with Crippen molar-refractivity contribution < 1.29 is 4.74 Å². The van der Waals surface area contributed by atoms with Crippen molar-refractivity contribution in [1.29, 1.82) is 0 Å². The van der Waals surface area contributed by atoms with Gasteiger partial charge in [-0.15, -0.1) is 0 Å². The molecule has 0 fully saturated rings. The molecule has 0 bridgehead atoms. The van der Waals surface area contributed by atoms with Crippen molar-refractivity contribution in [3.63, 3.8) is 0 Å². The number of methoxy groups -OCH3 is 1. The Hall–Kier alpha value is -1.76. The summed E-state index contributed by atoms with van der Waals surface area (Å²) in [6, 6.07) is 15.2. The third-order valence-electron chi connectivity index (χ3n) is 4.03. The molecule has 2 rings (SSSR count). The topological polar surface area (TPSA) is 9.23 Å². The van der Waals surface area contributed by atoms with Gasteiger partial charge in [0, 0.05) is 0 Å². The highest BCUT2D eigenvalue weighted by molar-refractivity contribution is 5.43. The van der Waals surface area contributed by atoms with Gasteiger partial charge in [0.1, 0.15) is 5.75 Å². The Labute approximate surface area is 129 Å². The van der Waals surface area contributed by atoms with Gasteiger partial charge >= 0.3 is 0 Å². The molecule has 0 saturated heterocycles. The van der Waals surface area contributed by atoms with Gasteiger partial charge in [0.25, 0.3) is 0 Å². The molecule has 0 aliphatic rings. The Balaban J connectivity index is 2.40. The highest BCUT2D eigenvalue weighted by atomic mass is 16.5. The maximum Gasteiger partial charge on any atom is 0.118 e. The average molecular weight is 282 g/mol. The summed E-state index contributed by atoms with van der Waals surface area (Å²) in [4.78, 5) is 0. The molecule has 0 aromatic heterocycles. The van der Waals surface area contributed by atoms with Gasteiger partial charge in [0.15, 0.2) is 0 Å². The SMILES string of the molecule is COc1ccc(Cc2c(C(C)C)cccc2C(C)C)cc1. The van der Waals surface area contributed by atoms with Crippen LogP contribution in [-0.4, -0.2) is 7.11 Å². The van der Waals surface area contributed by atoms with Crippen LogP contribution in [0.2, 0.25) is 0 Å². The predicted octanol–water partition coefficient (Wildman–Crippen LogP) is 5.53. The Morgan fingerprint density at radius 1 is 0.810 bits per heavy atom. The molecule has 0 saturated carbocycles. The van der Waals surface area contributed by atoms with E-state index >= 15 is 0 Å². The minimum atomic E-state index is 0.553. The van der Waals surface area contributed by atoms with Gasteiger partial charge < -0.3 is 4.74 Å². The molecule has 2 aromatic rings. The van der Waals surface area contributed by atoms with E-state index in [4.69, 9.17) is 4.74 Å². The lowest BCUT2D eigenvalue weighted by atomic mass is 9.85. The molecule has 1 nitrogen and oxygen atoms in total. The minimum Gasteiger partial charge on any atom is -0.497 e. The summed E-state index contributed by atoms with van der Waals surface area (Å²) in [5, 5.41) is 0. The molecular formula is C20H26O. The van der Waals surface area contributed by atoms with Crippen LogP contribution >= 0.6 is 0 Å². The molecule has 0 radical (unpaired) electrons. The molecule has 0 aliphatic heterocycles. The van der Waals surface area contributed by atoms with Crippen LogP contribution in [0.25, 0.3) is 0 Å². The second kappa shape index (κ2) is 6.80. The fourth-order valence-electron chi connectivity index (χ4n) is 2.86. The number of hydrogen-bond acceptors (Lipinski definition) is 1. The van der Waals surface area contributed by atoms with E-state index in [0.717, 1.165) is 12.2 Å². The fourth-order valence-corrected chi connectivity index (χ4v) is 2.86. The lowest BCUT2D eigenvalue weighted by Crippen LogP contribution is -2.04. The van der Waals surface area contributed by atoms with Crippen LogP contribution in [-0.2, 0) is 6.42 Å². The molecule has 0 heterocycles. The van der Waals surface area contributed by atoms with E-state index in [1.807, 2.05) is 12.1 Å². The monoisotopic (exact) mass is 282 g/mol. The normalized spacial score (nSPS) is 11.2. The fraction of sp³-hybridized carbons (Fsp3) is 0.400. The largest absolute Gasteiger partial charge is 0.497 e. The molecule has 0 atom stereocenters. The first-order chi connectivity index (χ1) is 10.0. The van der Waals surface area contributed by atoms with Gasteiger partial charge in [-0.3, -0.25) is 0 Å². The Morgan fingerprint density at radius 3 is 1.76 bits per heavy atom. The molecule has 1 heteroatoms. The van der Waals surface area contributed by atoms with Gasteiger partial charge in [0.2, 0.25) is 0 Å². The van der Waals surface area contributed by atoms with Crippen molar-refractivity contribution in [3.8, 4) is 5.75 Å². The van der Waals surface area contributed by atoms with Crippen LogP contribution in [0.5, 0.6) is 5.75 Å². The van der Waals surface area contributed by atoms with E-state index < -0.39 is 0 Å². The smallest absolute Gasteiger partial charge is 0.118 e. The lowest BCUT2D eigenvalue weighted by molar-refractivity contribution is 0.414. The van der Waals surface area contributed by atoms with Gasteiger partial charge in [-0.1, -0.05) is 58.0 Å². The number of rotatable bonds is 5. The van der Waals surface area contributed by atoms with Gasteiger partial charge in [0.05, 0.1) is 7.11 Å². The summed E-state index contributed by atoms with van der Waals surface area (Å²) in [6.07, 6.45) is 0.992. The molecule has 112 valence electrons. The maximum atomic E-state index is 5.24. The molecular weight excluding hydrogens is 256 g/mol. The lowest BCUT2D eigenvalue weighted by Gasteiger charge is -2.20. The van der Waals surface area contributed by atoms with Crippen LogP contribution in [0, 0.1) is 0 Å². The second-order valence-corrected chi connectivity index (χ2v) is 6.25. The number of ether oxygens (including phenoxy) is 1. The van der Waals surface area contributed by atoms with Crippen LogP contribution in [0.4, 0.5) is 0 Å². The maximum absolute atomic E-state index is 5.24. The number of benzene rings is 2. The summed E-state index contributed by atoms with van der Waals surface area (Å²) < 4.78 is 5.24. The second-order valence-electron chi connectivity index (χ2n) is 6.25. The van der Waals surface area contributed by atoms with E-state index in [9.17, 15) is 0 Å². The highest BCUT2D eigenvalue weighted by Gasteiger charge is 2.13. The van der Waals surface area contributed by atoms with Crippen molar-refractivity contribution >= 4 is 0 Å². The first kappa shape index (κ1) is 15.6. The van der Waals surface area contributed by atoms with E-state index in [0.29, 0.717) is 11.8 Å². The quantitative estimate of drug-likeness (QED) is 0.700. The average Bonchev–Trinajstić information content (AvgIpc) is 2.47. The van der Waals surface area contributed by atoms with Gasteiger partial charge in [-0.05, 0) is 52.6 Å². The summed E-state index contributed by atoms with van der Waals surface area (Å²) in [6.45, 7) is 9.10. The first-order valence-corrected chi connectivity index (χ1v) is 7.77. The molecule has 0 spiro atoms. The van der Waals surface area contributed by atoms with E-state index in [2.05, 4.69) is 58.0 Å². The van der Waals surface area contributed by atoms with Crippen molar-refractivity contribution in [2.75, 3.05) is 7.11 Å². The van der Waals surface area contributed by atoms with Crippen molar-refractivity contribution in [1.82, 2.24) is 0 Å². The van der Waals surface area contributed by atoms with Crippen LogP contribution in [0.3, 0.4) is 0 Å². The highest BCUT2D eigenvalue weighted by Crippen LogP contribution is 2.30. The van der Waals surface area contributed by atoms with Crippen molar-refractivity contribution in [2.24, 2.45) is 0 Å². The standard InChI is InChI=1S/C20H26O/c1-14(2)18-7-6-8-19(15(3)4)20(18)13-16-9-11-17(21-5)12-10-16/h6-12,14-15H,13H2,1-5H3. The van der Waals surface area contributed by atoms with Crippen LogP contribution in [0.15, 0.2) is 42.5 Å². The van der Waals surface area contributed by atoms with Gasteiger partial charge in [-0.2, -0.15) is 0 Å². The zero-order chi connectivity index (χ0) is 15.4. The number of hydrogen-bond donors (Lipinski definition) is 0. The molecule has 0 aliphatic carbocycles. The summed E-state index contributed by atoms with van der Waals surface area (Å²) in [7, 11) is 1.71. The van der Waals surface area contributed by atoms with E-state index in [-0.39, 0.29) is 0 Å². The van der Waals surface area contributed by atoms with Crippen molar-refractivity contribution in [3.05, 3.63) is 64.7 Å². The van der Waals surface area contributed by atoms with Gasteiger partial charge in [-0.25, -0.2) is 0 Å². The molecule has 0 unspecified atom stereocenters. The van der Waals surface area contributed by atoms with Crippen LogP contribution in [0.1, 0.15) is 61.8 Å². The summed E-state index contributed by atoms with van der Waals surface area (Å²) in [5.41, 5.74) is 5.77. The summed E-state index contributed by atoms with van der Waals surface area (Å²) in [5.74, 6) is 2.02. The Morgan fingerprint density at radius 2 is 1.33 bits per heavy atom. The Kier molecular flexibility index (Phi) is 5.06. The molecule has 21 heavy (non-hydrogen) atoms. The predicted molar refractivity (Wildman–Crippen MR) is 90.4 cm³/mol. The van der Waals surface area contributed by atoms with E-state index in [1.54, 1.807) is 7.11 Å². The third-order valence-corrected chi connectivity index (χ3v) is 4.03. The van der Waals surface area contributed by atoms with E-state index in [1.165, 1.54) is 22.3 Å². The summed E-state index contributed by atoms with van der Waals surface area (Å²) >= 11 is 0. The Bertz CT molecular complexity index is 553. The molecule has 2 aromatic carbocycles. The molecule has 0 N–H and O–H groups in total. The minimum absolute atomic E-state index is 0.553. The molecule has 0 amide bonds. The van der Waals surface area contributed by atoms with Crippen molar-refractivity contribution in [2.45, 2.75) is 46.0 Å². The zero-order valence-corrected chi connectivity index (χ0v) is 13.8. The third kappa shape index (κ3) is 3.66. The first-order valence-electron chi connectivity index (χ1n) is 7.77. The van der Waals surface area contributed by atoms with Crippen LogP contribution < -0.4 is 4.74 Å².